The molecule has 92 valence electrons. The molecule has 0 heterocycles. The lowest BCUT2D eigenvalue weighted by atomic mass is 10.0. The number of nitrogen functional groups attached to an aromatic ring is 1. The predicted octanol–water partition coefficient (Wildman–Crippen LogP) is 2.50. The molecule has 0 spiro atoms. The summed E-state index contributed by atoms with van der Waals surface area (Å²) in [5.41, 5.74) is 14.6. The summed E-state index contributed by atoms with van der Waals surface area (Å²) in [6.07, 6.45) is -2.41. The first kappa shape index (κ1) is 14.3. The highest BCUT2D eigenvalue weighted by atomic mass is 79.9. The van der Waals surface area contributed by atoms with E-state index in [0.717, 1.165) is 0 Å². The zero-order valence-corrected chi connectivity index (χ0v) is 11.8. The Kier molecular flexibility index (Phi) is 5.23. The highest BCUT2D eigenvalue weighted by Crippen LogP contribution is 2.33. The fraction of sp³-hybridized carbons (Fsp3) is 0.333. The van der Waals surface area contributed by atoms with Crippen LogP contribution in [0.3, 0.4) is 0 Å². The summed E-state index contributed by atoms with van der Waals surface area (Å²) < 4.78 is 1.32. The van der Waals surface area contributed by atoms with Gasteiger partial charge in [0, 0.05) is 19.4 Å². The third kappa shape index (κ3) is 3.58. The Morgan fingerprint density at radius 3 is 2.65 bits per heavy atom. The number of benzene rings is 1. The van der Waals surface area contributed by atoms with Gasteiger partial charge in [-0.05, 0) is 33.6 Å². The van der Waals surface area contributed by atoms with Gasteiger partial charge in [0.05, 0.1) is 18.3 Å². The van der Waals surface area contributed by atoms with Crippen molar-refractivity contribution >= 4 is 37.5 Å². The van der Waals surface area contributed by atoms with E-state index in [1.54, 1.807) is 12.1 Å². The number of nitrogens with two attached hydrogens (primary N) is 1. The molecule has 2 atom stereocenters. The number of halogens is 2. The van der Waals surface area contributed by atoms with Crippen LogP contribution >= 0.6 is 31.9 Å². The summed E-state index contributed by atoms with van der Waals surface area (Å²) >= 11 is 6.49. The van der Waals surface area contributed by atoms with Gasteiger partial charge in [-0.25, -0.2) is 0 Å². The van der Waals surface area contributed by atoms with Gasteiger partial charge < -0.3 is 15.9 Å². The predicted molar refractivity (Wildman–Crippen MR) is 71.2 cm³/mol. The second-order valence-electron chi connectivity index (χ2n) is 3.32. The molecule has 0 saturated heterocycles. The van der Waals surface area contributed by atoms with Crippen LogP contribution in [-0.4, -0.2) is 22.9 Å². The quantitative estimate of drug-likeness (QED) is 0.329. The molecule has 6 nitrogen and oxygen atoms in total. The molecular weight excluding hydrogens is 356 g/mol. The van der Waals surface area contributed by atoms with Crippen molar-refractivity contribution in [1.29, 1.82) is 0 Å². The van der Waals surface area contributed by atoms with Gasteiger partial charge in [-0.15, -0.1) is 0 Å². The Balaban J connectivity index is 3.02. The lowest BCUT2D eigenvalue weighted by Gasteiger charge is -2.19. The van der Waals surface area contributed by atoms with Gasteiger partial charge >= 0.3 is 0 Å². The number of aliphatic hydroxyl groups excluding tert-OH is 2. The van der Waals surface area contributed by atoms with Crippen molar-refractivity contribution in [3.63, 3.8) is 0 Å². The Morgan fingerprint density at radius 1 is 1.41 bits per heavy atom. The van der Waals surface area contributed by atoms with Crippen LogP contribution < -0.4 is 5.73 Å². The van der Waals surface area contributed by atoms with Crippen molar-refractivity contribution < 1.29 is 10.2 Å². The Morgan fingerprint density at radius 2 is 2.06 bits per heavy atom. The molecule has 0 fully saturated rings. The molecule has 0 aromatic heterocycles. The van der Waals surface area contributed by atoms with Crippen molar-refractivity contribution in [2.24, 2.45) is 5.11 Å². The molecule has 0 saturated carbocycles. The van der Waals surface area contributed by atoms with Gasteiger partial charge in [0.1, 0.15) is 6.10 Å². The van der Waals surface area contributed by atoms with E-state index in [0.29, 0.717) is 20.2 Å². The molecule has 0 aliphatic heterocycles. The van der Waals surface area contributed by atoms with Crippen LogP contribution in [0, 0.1) is 0 Å². The lowest BCUT2D eigenvalue weighted by Crippen LogP contribution is -2.22. The van der Waals surface area contributed by atoms with Crippen molar-refractivity contribution in [2.45, 2.75) is 12.2 Å². The van der Waals surface area contributed by atoms with Crippen molar-refractivity contribution in [2.75, 3.05) is 12.3 Å². The van der Waals surface area contributed by atoms with Crippen LogP contribution in [0.2, 0.25) is 0 Å². The van der Waals surface area contributed by atoms with E-state index in [2.05, 4.69) is 41.9 Å². The van der Waals surface area contributed by atoms with E-state index in [9.17, 15) is 10.2 Å². The third-order valence-corrected chi connectivity index (χ3v) is 3.26. The minimum absolute atomic E-state index is 0.221. The van der Waals surface area contributed by atoms with Crippen molar-refractivity contribution in [3.8, 4) is 0 Å². The molecule has 1 aromatic rings. The molecule has 17 heavy (non-hydrogen) atoms. The zero-order valence-electron chi connectivity index (χ0n) is 8.59. The maximum absolute atomic E-state index is 9.89. The molecule has 2 unspecified atom stereocenters. The number of hydrogen-bond acceptors (Lipinski definition) is 4. The second kappa shape index (κ2) is 6.23. The van der Waals surface area contributed by atoms with Crippen LogP contribution in [0.4, 0.5) is 5.69 Å². The van der Waals surface area contributed by atoms with E-state index >= 15 is 0 Å². The Hall–Kier alpha value is -0.790. The van der Waals surface area contributed by atoms with Crippen molar-refractivity contribution in [1.82, 2.24) is 0 Å². The first-order chi connectivity index (χ1) is 7.97. The smallest absolute Gasteiger partial charge is 0.107 e. The number of rotatable bonds is 4. The number of aliphatic hydroxyl groups is 2. The fourth-order valence-electron chi connectivity index (χ4n) is 1.28. The van der Waals surface area contributed by atoms with E-state index in [1.165, 1.54) is 0 Å². The highest BCUT2D eigenvalue weighted by molar-refractivity contribution is 9.11. The molecule has 1 aromatic carbocycles. The molecule has 0 amide bonds. The normalized spacial score (nSPS) is 13.9. The number of nitrogens with zero attached hydrogens (tertiary/aromatic N) is 3. The molecule has 4 N–H and O–H groups in total. The molecule has 0 radical (unpaired) electrons. The van der Waals surface area contributed by atoms with E-state index < -0.39 is 12.2 Å². The molecule has 0 aliphatic carbocycles. The Bertz CT molecular complexity index is 463. The monoisotopic (exact) mass is 364 g/mol. The molecule has 0 bridgehead atoms. The first-order valence-corrected chi connectivity index (χ1v) is 6.17. The van der Waals surface area contributed by atoms with Crippen LogP contribution in [0.5, 0.6) is 0 Å². The van der Waals surface area contributed by atoms with Crippen LogP contribution in [-0.2, 0) is 0 Å². The number of anilines is 1. The first-order valence-electron chi connectivity index (χ1n) is 4.58. The summed E-state index contributed by atoms with van der Waals surface area (Å²) in [5, 5.41) is 22.7. The van der Waals surface area contributed by atoms with E-state index in [-0.39, 0.29) is 6.54 Å². The maximum atomic E-state index is 9.89. The third-order valence-electron chi connectivity index (χ3n) is 2.14. The number of azide groups is 1. The molecule has 0 aliphatic rings. The summed E-state index contributed by atoms with van der Waals surface area (Å²) in [7, 11) is 0. The highest BCUT2D eigenvalue weighted by Gasteiger charge is 2.21. The summed E-state index contributed by atoms with van der Waals surface area (Å²) in [6, 6.07) is 3.33. The number of hydrogen-bond donors (Lipinski definition) is 3. The zero-order chi connectivity index (χ0) is 13.0. The van der Waals surface area contributed by atoms with Gasteiger partial charge in [-0.2, -0.15) is 0 Å². The Labute approximate surface area is 114 Å². The minimum atomic E-state index is -1.21. The summed E-state index contributed by atoms with van der Waals surface area (Å²) in [4.78, 5) is 2.51. The van der Waals surface area contributed by atoms with Gasteiger partial charge in [0.25, 0.3) is 0 Å². The minimum Gasteiger partial charge on any atom is -0.398 e. The van der Waals surface area contributed by atoms with Gasteiger partial charge in [0.15, 0.2) is 0 Å². The van der Waals surface area contributed by atoms with E-state index in [1.807, 2.05) is 0 Å². The van der Waals surface area contributed by atoms with Gasteiger partial charge in [0.2, 0.25) is 0 Å². The second-order valence-corrected chi connectivity index (χ2v) is 5.09. The van der Waals surface area contributed by atoms with Gasteiger partial charge in [-0.1, -0.05) is 21.0 Å². The van der Waals surface area contributed by atoms with Crippen molar-refractivity contribution in [3.05, 3.63) is 37.1 Å². The lowest BCUT2D eigenvalue weighted by molar-refractivity contribution is 0.0248. The van der Waals surface area contributed by atoms with Crippen LogP contribution in [0.25, 0.3) is 10.4 Å². The van der Waals surface area contributed by atoms with E-state index in [4.69, 9.17) is 11.3 Å². The largest absolute Gasteiger partial charge is 0.398 e. The van der Waals surface area contributed by atoms with Crippen LogP contribution in [0.1, 0.15) is 11.7 Å². The fourth-order valence-corrected chi connectivity index (χ4v) is 2.53. The summed E-state index contributed by atoms with van der Waals surface area (Å²) in [5.74, 6) is 0. The average molecular weight is 366 g/mol. The van der Waals surface area contributed by atoms with Crippen LogP contribution in [0.15, 0.2) is 26.2 Å². The summed E-state index contributed by atoms with van der Waals surface area (Å²) in [6.45, 7) is -0.221. The maximum Gasteiger partial charge on any atom is 0.107 e. The average Bonchev–Trinajstić information content (AvgIpc) is 2.29. The SMILES string of the molecule is [N-]=[N+]=NCC(O)C(O)c1cc(Br)cc(Br)c1N. The molecule has 8 heteroatoms. The van der Waals surface area contributed by atoms with Gasteiger partial charge in [-0.3, -0.25) is 0 Å². The standard InChI is InChI=1S/C9H10Br2N4O2/c10-4-1-5(8(12)6(11)2-4)9(17)7(16)3-14-15-13/h1-2,7,9,16-17H,3,12H2. The topological polar surface area (TPSA) is 115 Å². The molecular formula is C9H10Br2N4O2. The molecule has 1 rings (SSSR count).